The van der Waals surface area contributed by atoms with Crippen LogP contribution >= 0.6 is 0 Å². The first-order chi connectivity index (χ1) is 8.53. The Morgan fingerprint density at radius 2 is 1.94 bits per heavy atom. The standard InChI is InChI=1S/C16H32N2/c1-4-5-11-18(14-7-8-14)16(13-17)10-6-9-15(2,3)12-16/h14H,4-13,17H2,1-3H3. The molecule has 0 aromatic carbocycles. The molecule has 106 valence electrons. The average Bonchev–Trinajstić information content (AvgIpc) is 3.12. The van der Waals surface area contributed by atoms with Crippen molar-refractivity contribution in [2.75, 3.05) is 13.1 Å². The largest absolute Gasteiger partial charge is 0.329 e. The van der Waals surface area contributed by atoms with Gasteiger partial charge in [-0.15, -0.1) is 0 Å². The van der Waals surface area contributed by atoms with Crippen LogP contribution in [0.3, 0.4) is 0 Å². The normalized spacial score (nSPS) is 31.8. The summed E-state index contributed by atoms with van der Waals surface area (Å²) in [5, 5.41) is 0. The fraction of sp³-hybridized carbons (Fsp3) is 1.00. The minimum Gasteiger partial charge on any atom is -0.329 e. The molecule has 18 heavy (non-hydrogen) atoms. The van der Waals surface area contributed by atoms with Crippen LogP contribution in [0.4, 0.5) is 0 Å². The van der Waals surface area contributed by atoms with Crippen LogP contribution in [0, 0.1) is 5.41 Å². The van der Waals surface area contributed by atoms with E-state index in [9.17, 15) is 0 Å². The summed E-state index contributed by atoms with van der Waals surface area (Å²) in [5.74, 6) is 0. The Bertz CT molecular complexity index is 270. The molecule has 0 heterocycles. The third kappa shape index (κ3) is 3.08. The SMILES string of the molecule is CCCCN(C1CC1)C1(CN)CCCC(C)(C)C1. The van der Waals surface area contributed by atoms with E-state index < -0.39 is 0 Å². The van der Waals surface area contributed by atoms with Crippen LogP contribution in [0.5, 0.6) is 0 Å². The summed E-state index contributed by atoms with van der Waals surface area (Å²) in [7, 11) is 0. The number of nitrogens with zero attached hydrogens (tertiary/aromatic N) is 1. The highest BCUT2D eigenvalue weighted by Crippen LogP contribution is 2.46. The lowest BCUT2D eigenvalue weighted by Crippen LogP contribution is -2.58. The molecule has 2 aliphatic rings. The van der Waals surface area contributed by atoms with Gasteiger partial charge in [0, 0.05) is 18.1 Å². The van der Waals surface area contributed by atoms with Crippen molar-refractivity contribution in [3.63, 3.8) is 0 Å². The third-order valence-electron chi connectivity index (χ3n) is 5.03. The maximum absolute atomic E-state index is 6.26. The number of rotatable bonds is 6. The Morgan fingerprint density at radius 3 is 2.44 bits per heavy atom. The number of unbranched alkanes of at least 4 members (excludes halogenated alkanes) is 1. The molecule has 0 amide bonds. The predicted octanol–water partition coefficient (Wildman–Crippen LogP) is 3.55. The molecule has 2 aliphatic carbocycles. The van der Waals surface area contributed by atoms with E-state index in [1.807, 2.05) is 0 Å². The van der Waals surface area contributed by atoms with Gasteiger partial charge in [-0.3, -0.25) is 4.90 Å². The molecular weight excluding hydrogens is 220 g/mol. The summed E-state index contributed by atoms with van der Waals surface area (Å²) in [5.41, 5.74) is 7.06. The summed E-state index contributed by atoms with van der Waals surface area (Å²) in [6.07, 6.45) is 10.8. The van der Waals surface area contributed by atoms with E-state index in [4.69, 9.17) is 5.73 Å². The van der Waals surface area contributed by atoms with E-state index in [0.29, 0.717) is 11.0 Å². The van der Waals surface area contributed by atoms with Gasteiger partial charge >= 0.3 is 0 Å². The molecule has 0 aromatic rings. The summed E-state index contributed by atoms with van der Waals surface area (Å²) < 4.78 is 0. The Hall–Kier alpha value is -0.0800. The van der Waals surface area contributed by atoms with Crippen LogP contribution in [0.1, 0.15) is 72.1 Å². The summed E-state index contributed by atoms with van der Waals surface area (Å²) in [4.78, 5) is 2.82. The van der Waals surface area contributed by atoms with Crippen molar-refractivity contribution in [1.29, 1.82) is 0 Å². The molecule has 0 aromatic heterocycles. The average molecular weight is 252 g/mol. The molecule has 2 heteroatoms. The molecule has 0 saturated heterocycles. The molecule has 2 rings (SSSR count). The van der Waals surface area contributed by atoms with Gasteiger partial charge in [0.15, 0.2) is 0 Å². The number of nitrogens with two attached hydrogens (primary N) is 1. The van der Waals surface area contributed by atoms with Crippen molar-refractivity contribution in [3.8, 4) is 0 Å². The van der Waals surface area contributed by atoms with E-state index in [1.54, 1.807) is 0 Å². The van der Waals surface area contributed by atoms with Gasteiger partial charge in [-0.1, -0.05) is 33.6 Å². The van der Waals surface area contributed by atoms with Gasteiger partial charge in [-0.05, 0) is 50.5 Å². The first-order valence-corrected chi connectivity index (χ1v) is 8.00. The second-order valence-corrected chi connectivity index (χ2v) is 7.40. The van der Waals surface area contributed by atoms with Gasteiger partial charge in [-0.25, -0.2) is 0 Å². The smallest absolute Gasteiger partial charge is 0.0339 e. The Kier molecular flexibility index (Phi) is 4.38. The monoisotopic (exact) mass is 252 g/mol. The predicted molar refractivity (Wildman–Crippen MR) is 78.7 cm³/mol. The second kappa shape index (κ2) is 5.50. The maximum atomic E-state index is 6.26. The maximum Gasteiger partial charge on any atom is 0.0339 e. The Balaban J connectivity index is 2.12. The molecule has 0 radical (unpaired) electrons. The number of hydrogen-bond acceptors (Lipinski definition) is 2. The minimum atomic E-state index is 0.318. The van der Waals surface area contributed by atoms with Crippen LogP contribution in [-0.4, -0.2) is 29.6 Å². The highest BCUT2D eigenvalue weighted by molar-refractivity contribution is 5.03. The van der Waals surface area contributed by atoms with Gasteiger partial charge in [0.05, 0.1) is 0 Å². The summed E-state index contributed by atoms with van der Waals surface area (Å²) >= 11 is 0. The van der Waals surface area contributed by atoms with E-state index in [1.165, 1.54) is 57.9 Å². The molecule has 1 unspecified atom stereocenters. The quantitative estimate of drug-likeness (QED) is 0.783. The molecule has 2 saturated carbocycles. The van der Waals surface area contributed by atoms with Gasteiger partial charge < -0.3 is 5.73 Å². The highest BCUT2D eigenvalue weighted by atomic mass is 15.3. The fourth-order valence-electron chi connectivity index (χ4n) is 4.02. The van der Waals surface area contributed by atoms with Crippen LogP contribution in [0.2, 0.25) is 0 Å². The van der Waals surface area contributed by atoms with Gasteiger partial charge in [0.2, 0.25) is 0 Å². The van der Waals surface area contributed by atoms with Gasteiger partial charge in [-0.2, -0.15) is 0 Å². The van der Waals surface area contributed by atoms with E-state index in [2.05, 4.69) is 25.7 Å². The lowest BCUT2D eigenvalue weighted by atomic mass is 9.67. The first-order valence-electron chi connectivity index (χ1n) is 8.00. The highest BCUT2D eigenvalue weighted by Gasteiger charge is 2.47. The lowest BCUT2D eigenvalue weighted by Gasteiger charge is -2.51. The van der Waals surface area contributed by atoms with Crippen molar-refractivity contribution in [2.45, 2.75) is 83.7 Å². The molecule has 2 nitrogen and oxygen atoms in total. The number of hydrogen-bond donors (Lipinski definition) is 1. The zero-order valence-corrected chi connectivity index (χ0v) is 12.7. The third-order valence-corrected chi connectivity index (χ3v) is 5.03. The van der Waals surface area contributed by atoms with Crippen molar-refractivity contribution in [3.05, 3.63) is 0 Å². The molecule has 0 spiro atoms. The Labute approximate surface area is 113 Å². The molecule has 2 fully saturated rings. The second-order valence-electron chi connectivity index (χ2n) is 7.40. The molecule has 1 atom stereocenters. The van der Waals surface area contributed by atoms with Crippen molar-refractivity contribution < 1.29 is 0 Å². The summed E-state index contributed by atoms with van der Waals surface area (Å²) in [6, 6.07) is 0.856. The van der Waals surface area contributed by atoms with E-state index in [-0.39, 0.29) is 0 Å². The van der Waals surface area contributed by atoms with Gasteiger partial charge in [0.25, 0.3) is 0 Å². The van der Waals surface area contributed by atoms with E-state index in [0.717, 1.165) is 12.6 Å². The molecule has 0 bridgehead atoms. The zero-order chi connectivity index (χ0) is 13.2. The Morgan fingerprint density at radius 1 is 1.22 bits per heavy atom. The minimum absolute atomic E-state index is 0.318. The van der Waals surface area contributed by atoms with Crippen LogP contribution in [-0.2, 0) is 0 Å². The fourth-order valence-corrected chi connectivity index (χ4v) is 4.02. The van der Waals surface area contributed by atoms with Gasteiger partial charge in [0.1, 0.15) is 0 Å². The van der Waals surface area contributed by atoms with Crippen molar-refractivity contribution in [1.82, 2.24) is 4.90 Å². The molecular formula is C16H32N2. The van der Waals surface area contributed by atoms with Crippen LogP contribution in [0.25, 0.3) is 0 Å². The van der Waals surface area contributed by atoms with Crippen LogP contribution < -0.4 is 5.73 Å². The van der Waals surface area contributed by atoms with Crippen molar-refractivity contribution in [2.24, 2.45) is 11.1 Å². The topological polar surface area (TPSA) is 29.3 Å². The summed E-state index contributed by atoms with van der Waals surface area (Å²) in [6.45, 7) is 9.29. The van der Waals surface area contributed by atoms with Crippen LogP contribution in [0.15, 0.2) is 0 Å². The molecule has 0 aliphatic heterocycles. The van der Waals surface area contributed by atoms with E-state index >= 15 is 0 Å². The zero-order valence-electron chi connectivity index (χ0n) is 12.7. The molecule has 2 N–H and O–H groups in total. The van der Waals surface area contributed by atoms with Crippen molar-refractivity contribution >= 4 is 0 Å². The lowest BCUT2D eigenvalue weighted by molar-refractivity contribution is 0.00293. The first kappa shape index (κ1) is 14.3.